The molecule has 7 heteroatoms. The molecule has 0 atom stereocenters. The van der Waals surface area contributed by atoms with E-state index in [-0.39, 0.29) is 9.79 Å². The number of piperazine rings is 1. The molecule has 158 valence electrons. The molecule has 1 aliphatic rings. The van der Waals surface area contributed by atoms with E-state index < -0.39 is 9.84 Å². The number of ether oxygens (including phenoxy) is 1. The highest BCUT2D eigenvalue weighted by Crippen LogP contribution is 2.37. The van der Waals surface area contributed by atoms with Crippen molar-refractivity contribution in [1.82, 2.24) is 9.88 Å². The van der Waals surface area contributed by atoms with E-state index in [1.807, 2.05) is 37.3 Å². The van der Waals surface area contributed by atoms with Crippen LogP contribution in [0.3, 0.4) is 0 Å². The number of pyridine rings is 1. The molecule has 0 N–H and O–H groups in total. The first-order valence-corrected chi connectivity index (χ1v) is 11.7. The predicted molar refractivity (Wildman–Crippen MR) is 119 cm³/mol. The quantitative estimate of drug-likeness (QED) is 0.623. The minimum atomic E-state index is -3.72. The number of rotatable bonds is 5. The molecule has 2 heterocycles. The Morgan fingerprint density at radius 2 is 1.73 bits per heavy atom. The van der Waals surface area contributed by atoms with Crippen molar-refractivity contribution in [1.29, 1.82) is 0 Å². The largest absolute Gasteiger partial charge is 0.497 e. The lowest BCUT2D eigenvalue weighted by molar-refractivity contribution is 0.271. The number of methoxy groups -OCH3 is 1. The number of sulfone groups is 1. The van der Waals surface area contributed by atoms with Crippen LogP contribution in [0.15, 0.2) is 58.5 Å². The topological polar surface area (TPSA) is 62.7 Å². The highest BCUT2D eigenvalue weighted by molar-refractivity contribution is 7.91. The third-order valence-corrected chi connectivity index (χ3v) is 7.54. The molecule has 0 amide bonds. The molecule has 0 aliphatic carbocycles. The van der Waals surface area contributed by atoms with Crippen LogP contribution >= 0.6 is 0 Å². The number of likely N-dealkylation sites (N-methyl/N-ethyl adjacent to an activating group) is 1. The maximum absolute atomic E-state index is 13.6. The Labute approximate surface area is 178 Å². The molecular formula is C23H27N3O3S. The number of hydrogen-bond acceptors (Lipinski definition) is 6. The van der Waals surface area contributed by atoms with Crippen molar-refractivity contribution in [2.45, 2.75) is 23.6 Å². The predicted octanol–water partition coefficient (Wildman–Crippen LogP) is 3.53. The zero-order valence-electron chi connectivity index (χ0n) is 17.6. The molecule has 1 aliphatic heterocycles. The second-order valence-corrected chi connectivity index (χ2v) is 9.51. The second kappa shape index (κ2) is 8.24. The Kier molecular flexibility index (Phi) is 5.66. The maximum atomic E-state index is 13.6. The van der Waals surface area contributed by atoms with E-state index in [9.17, 15) is 8.42 Å². The first-order chi connectivity index (χ1) is 14.4. The third-order valence-electron chi connectivity index (χ3n) is 5.77. The van der Waals surface area contributed by atoms with Crippen molar-refractivity contribution in [3.05, 3.63) is 54.2 Å². The van der Waals surface area contributed by atoms with Crippen molar-refractivity contribution >= 4 is 26.4 Å². The Morgan fingerprint density at radius 3 is 2.37 bits per heavy atom. The van der Waals surface area contributed by atoms with Crippen LogP contribution in [-0.2, 0) is 9.84 Å². The van der Waals surface area contributed by atoms with Crippen molar-refractivity contribution < 1.29 is 13.2 Å². The van der Waals surface area contributed by atoms with Gasteiger partial charge in [-0.15, -0.1) is 0 Å². The Balaban J connectivity index is 1.91. The maximum Gasteiger partial charge on any atom is 0.210 e. The van der Waals surface area contributed by atoms with E-state index in [0.717, 1.165) is 54.9 Å². The Morgan fingerprint density at radius 1 is 1.03 bits per heavy atom. The second-order valence-electron chi connectivity index (χ2n) is 7.59. The van der Waals surface area contributed by atoms with Gasteiger partial charge in [0.1, 0.15) is 10.6 Å². The standard InChI is InChI=1S/C23H27N3O3S/c1-4-25-11-13-26(14-12-25)23-20-15-18(29-3)7-10-21(20)24-16-22(23)30(27,28)19-8-5-17(2)6-9-19/h5-10,15-16H,4,11-14H2,1-3H3. The van der Waals surface area contributed by atoms with Gasteiger partial charge in [0.15, 0.2) is 0 Å². The highest BCUT2D eigenvalue weighted by Gasteiger charge is 2.28. The van der Waals surface area contributed by atoms with Crippen molar-refractivity contribution in [2.75, 3.05) is 44.7 Å². The summed E-state index contributed by atoms with van der Waals surface area (Å²) in [7, 11) is -2.11. The lowest BCUT2D eigenvalue weighted by atomic mass is 10.1. The van der Waals surface area contributed by atoms with Crippen molar-refractivity contribution in [2.24, 2.45) is 0 Å². The van der Waals surface area contributed by atoms with Crippen LogP contribution in [0.1, 0.15) is 12.5 Å². The molecule has 30 heavy (non-hydrogen) atoms. The summed E-state index contributed by atoms with van der Waals surface area (Å²) < 4.78 is 32.7. The number of hydrogen-bond donors (Lipinski definition) is 0. The average Bonchev–Trinajstić information content (AvgIpc) is 2.78. The van der Waals surface area contributed by atoms with Gasteiger partial charge in [0.25, 0.3) is 0 Å². The van der Waals surface area contributed by atoms with Gasteiger partial charge >= 0.3 is 0 Å². The molecule has 1 fully saturated rings. The summed E-state index contributed by atoms with van der Waals surface area (Å²) in [6.45, 7) is 8.41. The molecule has 4 rings (SSSR count). The van der Waals surface area contributed by atoms with Gasteiger partial charge in [0.05, 0.1) is 23.2 Å². The fourth-order valence-electron chi connectivity index (χ4n) is 3.92. The van der Waals surface area contributed by atoms with Gasteiger partial charge in [-0.1, -0.05) is 24.6 Å². The van der Waals surface area contributed by atoms with Gasteiger partial charge < -0.3 is 14.5 Å². The molecule has 0 radical (unpaired) electrons. The Bertz CT molecular complexity index is 1150. The van der Waals surface area contributed by atoms with Gasteiger partial charge in [0, 0.05) is 37.8 Å². The fraction of sp³-hybridized carbons (Fsp3) is 0.348. The van der Waals surface area contributed by atoms with Gasteiger partial charge in [-0.2, -0.15) is 0 Å². The monoisotopic (exact) mass is 425 g/mol. The van der Waals surface area contributed by atoms with Crippen LogP contribution in [0.25, 0.3) is 10.9 Å². The van der Waals surface area contributed by atoms with Crippen LogP contribution in [0.4, 0.5) is 5.69 Å². The van der Waals surface area contributed by atoms with Gasteiger partial charge in [-0.3, -0.25) is 4.98 Å². The van der Waals surface area contributed by atoms with Crippen LogP contribution in [0.5, 0.6) is 5.75 Å². The lowest BCUT2D eigenvalue weighted by Crippen LogP contribution is -2.46. The summed E-state index contributed by atoms with van der Waals surface area (Å²) in [5.74, 6) is 0.683. The fourth-order valence-corrected chi connectivity index (χ4v) is 5.35. The average molecular weight is 426 g/mol. The van der Waals surface area contributed by atoms with Gasteiger partial charge in [0.2, 0.25) is 9.84 Å². The summed E-state index contributed by atoms with van der Waals surface area (Å²) in [5, 5.41) is 0.799. The summed E-state index contributed by atoms with van der Waals surface area (Å²) in [6, 6.07) is 12.6. The third kappa shape index (κ3) is 3.75. The minimum absolute atomic E-state index is 0.247. The molecular weight excluding hydrogens is 398 g/mol. The number of aryl methyl sites for hydroxylation is 1. The summed E-state index contributed by atoms with van der Waals surface area (Å²) in [4.78, 5) is 9.56. The van der Waals surface area contributed by atoms with E-state index in [0.29, 0.717) is 5.75 Å². The summed E-state index contributed by atoms with van der Waals surface area (Å²) in [5.41, 5.74) is 2.49. The SMILES string of the molecule is CCN1CCN(c2c(S(=O)(=O)c3ccc(C)cc3)cnc3ccc(OC)cc23)CC1. The number of anilines is 1. The van der Waals surface area contributed by atoms with E-state index in [1.165, 1.54) is 6.20 Å². The molecule has 6 nitrogen and oxygen atoms in total. The smallest absolute Gasteiger partial charge is 0.210 e. The van der Waals surface area contributed by atoms with E-state index in [4.69, 9.17) is 4.74 Å². The molecule has 0 unspecified atom stereocenters. The number of nitrogens with zero attached hydrogens (tertiary/aromatic N) is 3. The van der Waals surface area contributed by atoms with E-state index in [1.54, 1.807) is 19.2 Å². The Hall–Kier alpha value is -2.64. The number of fused-ring (bicyclic) bond motifs is 1. The van der Waals surface area contributed by atoms with Crippen molar-refractivity contribution in [3.63, 3.8) is 0 Å². The molecule has 0 saturated carbocycles. The van der Waals surface area contributed by atoms with Crippen LogP contribution < -0.4 is 9.64 Å². The van der Waals surface area contributed by atoms with E-state index >= 15 is 0 Å². The molecule has 1 aromatic heterocycles. The highest BCUT2D eigenvalue weighted by atomic mass is 32.2. The van der Waals surface area contributed by atoms with Gasteiger partial charge in [-0.05, 0) is 43.8 Å². The zero-order chi connectivity index (χ0) is 21.3. The molecule has 0 spiro atoms. The van der Waals surface area contributed by atoms with Crippen molar-refractivity contribution in [3.8, 4) is 5.75 Å². The first-order valence-electron chi connectivity index (χ1n) is 10.2. The number of benzene rings is 2. The van der Waals surface area contributed by atoms with Gasteiger partial charge in [-0.25, -0.2) is 8.42 Å². The van der Waals surface area contributed by atoms with Crippen LogP contribution in [0, 0.1) is 6.92 Å². The van der Waals surface area contributed by atoms with E-state index in [2.05, 4.69) is 21.7 Å². The normalized spacial score (nSPS) is 15.5. The zero-order valence-corrected chi connectivity index (χ0v) is 18.4. The lowest BCUT2D eigenvalue weighted by Gasteiger charge is -2.36. The summed E-state index contributed by atoms with van der Waals surface area (Å²) >= 11 is 0. The summed E-state index contributed by atoms with van der Waals surface area (Å²) in [6.07, 6.45) is 1.51. The minimum Gasteiger partial charge on any atom is -0.497 e. The van der Waals surface area contributed by atoms with Crippen LogP contribution in [0.2, 0.25) is 0 Å². The van der Waals surface area contributed by atoms with Crippen LogP contribution in [-0.4, -0.2) is 58.1 Å². The molecule has 1 saturated heterocycles. The first kappa shape index (κ1) is 20.6. The molecule has 2 aromatic carbocycles. The number of aromatic nitrogens is 1. The molecule has 0 bridgehead atoms. The molecule has 3 aromatic rings.